The Morgan fingerprint density at radius 2 is 2.00 bits per heavy atom. The van der Waals surface area contributed by atoms with Crippen LogP contribution in [0.1, 0.15) is 32.4 Å². The molecule has 0 saturated heterocycles. The summed E-state index contributed by atoms with van der Waals surface area (Å²) in [6.07, 6.45) is 1.50. The highest BCUT2D eigenvalue weighted by atomic mass is 32.2. The van der Waals surface area contributed by atoms with Gasteiger partial charge in [-0.05, 0) is 25.0 Å². The van der Waals surface area contributed by atoms with E-state index in [2.05, 4.69) is 4.72 Å². The summed E-state index contributed by atoms with van der Waals surface area (Å²) >= 11 is 0. The van der Waals surface area contributed by atoms with Crippen molar-refractivity contribution in [3.63, 3.8) is 0 Å². The summed E-state index contributed by atoms with van der Waals surface area (Å²) in [5.41, 5.74) is 5.35. The Kier molecular flexibility index (Phi) is 4.52. The summed E-state index contributed by atoms with van der Waals surface area (Å²) in [6, 6.07) is 2.94. The maximum Gasteiger partial charge on any atom is 0.274 e. The van der Waals surface area contributed by atoms with Gasteiger partial charge in [0, 0.05) is 6.04 Å². The quantitative estimate of drug-likeness (QED) is 0.790. The van der Waals surface area contributed by atoms with Crippen LogP contribution in [0.15, 0.2) is 21.6 Å². The van der Waals surface area contributed by atoms with Crippen LogP contribution in [0.4, 0.5) is 0 Å². The van der Waals surface area contributed by atoms with Gasteiger partial charge in [0.25, 0.3) is 10.0 Å². The lowest BCUT2D eigenvalue weighted by atomic mass is 10.2. The Morgan fingerprint density at radius 3 is 2.44 bits per heavy atom. The molecule has 0 saturated carbocycles. The van der Waals surface area contributed by atoms with E-state index in [9.17, 15) is 8.42 Å². The number of sulfonamides is 1. The van der Waals surface area contributed by atoms with Crippen molar-refractivity contribution in [1.29, 1.82) is 0 Å². The molecule has 0 amide bonds. The first-order valence-electron chi connectivity index (χ1n) is 5.34. The molecule has 1 heterocycles. The highest BCUT2D eigenvalue weighted by molar-refractivity contribution is 7.89. The maximum atomic E-state index is 11.8. The van der Waals surface area contributed by atoms with E-state index < -0.39 is 10.0 Å². The van der Waals surface area contributed by atoms with Crippen LogP contribution in [-0.4, -0.2) is 14.5 Å². The lowest BCUT2D eigenvalue weighted by Crippen LogP contribution is -2.33. The van der Waals surface area contributed by atoms with Gasteiger partial charge in [0.2, 0.25) is 5.09 Å². The fourth-order valence-electron chi connectivity index (χ4n) is 1.35. The van der Waals surface area contributed by atoms with Crippen LogP contribution >= 0.6 is 0 Å². The number of rotatable bonds is 6. The molecule has 0 aliphatic rings. The molecule has 6 heteroatoms. The second-order valence-corrected chi connectivity index (χ2v) is 5.20. The first kappa shape index (κ1) is 13.2. The lowest BCUT2D eigenvalue weighted by molar-refractivity contribution is 0.408. The van der Waals surface area contributed by atoms with Crippen LogP contribution in [0, 0.1) is 0 Å². The van der Waals surface area contributed by atoms with E-state index in [1.165, 1.54) is 6.07 Å². The van der Waals surface area contributed by atoms with Gasteiger partial charge in [0.15, 0.2) is 0 Å². The Hall–Kier alpha value is -0.850. The number of nitrogens with two attached hydrogens (primary N) is 1. The van der Waals surface area contributed by atoms with Gasteiger partial charge in [-0.2, -0.15) is 0 Å². The van der Waals surface area contributed by atoms with Gasteiger partial charge < -0.3 is 10.2 Å². The minimum Gasteiger partial charge on any atom is -0.447 e. The van der Waals surface area contributed by atoms with Gasteiger partial charge in [-0.1, -0.05) is 13.8 Å². The zero-order chi connectivity index (χ0) is 12.2. The van der Waals surface area contributed by atoms with Crippen molar-refractivity contribution in [3.05, 3.63) is 17.9 Å². The number of hydrogen-bond donors (Lipinski definition) is 2. The SMILES string of the molecule is CCC(CC)NS(=O)(=O)c1ccc(CN)o1. The molecule has 0 aromatic carbocycles. The molecule has 0 bridgehead atoms. The van der Waals surface area contributed by atoms with E-state index in [1.54, 1.807) is 6.07 Å². The monoisotopic (exact) mass is 246 g/mol. The summed E-state index contributed by atoms with van der Waals surface area (Å²) in [4.78, 5) is 0. The van der Waals surface area contributed by atoms with Gasteiger partial charge in [0.1, 0.15) is 5.76 Å². The largest absolute Gasteiger partial charge is 0.447 e. The smallest absolute Gasteiger partial charge is 0.274 e. The summed E-state index contributed by atoms with van der Waals surface area (Å²) in [7, 11) is -3.55. The van der Waals surface area contributed by atoms with Crippen molar-refractivity contribution in [1.82, 2.24) is 4.72 Å². The highest BCUT2D eigenvalue weighted by Crippen LogP contribution is 2.14. The van der Waals surface area contributed by atoms with Crippen LogP contribution in [0.25, 0.3) is 0 Å². The third-order valence-corrected chi connectivity index (χ3v) is 3.80. The van der Waals surface area contributed by atoms with Crippen LogP contribution < -0.4 is 10.5 Å². The molecule has 3 N–H and O–H groups in total. The average molecular weight is 246 g/mol. The summed E-state index contributed by atoms with van der Waals surface area (Å²) in [6.45, 7) is 4.06. The predicted octanol–water partition coefficient (Wildman–Crippen LogP) is 1.21. The lowest BCUT2D eigenvalue weighted by Gasteiger charge is -2.13. The fraction of sp³-hybridized carbons (Fsp3) is 0.600. The predicted molar refractivity (Wildman–Crippen MR) is 61.3 cm³/mol. The standard InChI is InChI=1S/C10H18N2O3S/c1-3-8(4-2)12-16(13,14)10-6-5-9(7-11)15-10/h5-6,8,12H,3-4,7,11H2,1-2H3. The Bertz CT molecular complexity index is 421. The van der Waals surface area contributed by atoms with Crippen molar-refractivity contribution in [2.75, 3.05) is 0 Å². The van der Waals surface area contributed by atoms with Crippen molar-refractivity contribution >= 4 is 10.0 Å². The Morgan fingerprint density at radius 1 is 1.38 bits per heavy atom. The third-order valence-electron chi connectivity index (χ3n) is 2.41. The van der Waals surface area contributed by atoms with Gasteiger partial charge in [-0.15, -0.1) is 0 Å². The average Bonchev–Trinajstić information content (AvgIpc) is 2.75. The van der Waals surface area contributed by atoms with E-state index in [0.29, 0.717) is 5.76 Å². The molecule has 0 unspecified atom stereocenters. The third kappa shape index (κ3) is 3.07. The summed E-state index contributed by atoms with van der Waals surface area (Å²) < 4.78 is 31.4. The molecule has 92 valence electrons. The maximum absolute atomic E-state index is 11.8. The molecular formula is C10H18N2O3S. The number of furan rings is 1. The molecule has 16 heavy (non-hydrogen) atoms. The van der Waals surface area contributed by atoms with Crippen LogP contribution in [0.3, 0.4) is 0 Å². The van der Waals surface area contributed by atoms with E-state index >= 15 is 0 Å². The van der Waals surface area contributed by atoms with E-state index in [4.69, 9.17) is 10.2 Å². The van der Waals surface area contributed by atoms with Crippen molar-refractivity contribution < 1.29 is 12.8 Å². The molecule has 0 aliphatic heterocycles. The molecule has 0 radical (unpaired) electrons. The Labute approximate surface area is 96.1 Å². The first-order chi connectivity index (χ1) is 7.53. The van der Waals surface area contributed by atoms with Crippen LogP contribution in [0.2, 0.25) is 0 Å². The normalized spacial score (nSPS) is 12.2. The van der Waals surface area contributed by atoms with Crippen LogP contribution in [-0.2, 0) is 16.6 Å². The van der Waals surface area contributed by atoms with Gasteiger partial charge in [0.05, 0.1) is 6.54 Å². The van der Waals surface area contributed by atoms with Gasteiger partial charge >= 0.3 is 0 Å². The second kappa shape index (κ2) is 5.47. The van der Waals surface area contributed by atoms with E-state index in [1.807, 2.05) is 13.8 Å². The first-order valence-corrected chi connectivity index (χ1v) is 6.82. The van der Waals surface area contributed by atoms with Crippen molar-refractivity contribution in [2.45, 2.75) is 44.4 Å². The van der Waals surface area contributed by atoms with Gasteiger partial charge in [-0.25, -0.2) is 13.1 Å². The van der Waals surface area contributed by atoms with E-state index in [0.717, 1.165) is 12.8 Å². The number of nitrogens with one attached hydrogen (secondary N) is 1. The fourth-order valence-corrected chi connectivity index (χ4v) is 2.70. The minimum absolute atomic E-state index is 0.0589. The molecular weight excluding hydrogens is 228 g/mol. The van der Waals surface area contributed by atoms with Crippen molar-refractivity contribution in [3.8, 4) is 0 Å². The second-order valence-electron chi connectivity index (χ2n) is 3.56. The molecule has 1 aromatic rings. The molecule has 0 spiro atoms. The summed E-state index contributed by atoms with van der Waals surface area (Å²) in [5, 5.41) is -0.0696. The van der Waals surface area contributed by atoms with Crippen molar-refractivity contribution in [2.24, 2.45) is 5.73 Å². The zero-order valence-corrected chi connectivity index (χ0v) is 10.4. The molecule has 1 aromatic heterocycles. The molecule has 0 atom stereocenters. The minimum atomic E-state index is -3.55. The molecule has 5 nitrogen and oxygen atoms in total. The number of hydrogen-bond acceptors (Lipinski definition) is 4. The molecule has 0 fully saturated rings. The van der Waals surface area contributed by atoms with Gasteiger partial charge in [-0.3, -0.25) is 0 Å². The highest BCUT2D eigenvalue weighted by Gasteiger charge is 2.21. The zero-order valence-electron chi connectivity index (χ0n) is 9.56. The van der Waals surface area contributed by atoms with E-state index in [-0.39, 0.29) is 17.7 Å². The van der Waals surface area contributed by atoms with Crippen LogP contribution in [0.5, 0.6) is 0 Å². The Balaban J connectivity index is 2.85. The summed E-state index contributed by atoms with van der Waals surface area (Å²) in [5.74, 6) is 0.463. The molecule has 1 rings (SSSR count). The molecule has 0 aliphatic carbocycles. The topological polar surface area (TPSA) is 85.3 Å².